The third kappa shape index (κ3) is 5.42. The van der Waals surface area contributed by atoms with Crippen molar-refractivity contribution in [3.63, 3.8) is 0 Å². The summed E-state index contributed by atoms with van der Waals surface area (Å²) in [6.07, 6.45) is 4.91. The Morgan fingerprint density at radius 3 is 2.76 bits per heavy atom. The van der Waals surface area contributed by atoms with Crippen molar-refractivity contribution in [2.75, 3.05) is 25.5 Å². The van der Waals surface area contributed by atoms with Crippen molar-refractivity contribution in [3.05, 3.63) is 47.5 Å². The molecule has 0 bridgehead atoms. The summed E-state index contributed by atoms with van der Waals surface area (Å²) in [4.78, 5) is 24.1. The number of rotatable bonds is 5. The van der Waals surface area contributed by atoms with E-state index in [9.17, 15) is 9.18 Å². The summed E-state index contributed by atoms with van der Waals surface area (Å²) in [6.45, 7) is 8.72. The lowest BCUT2D eigenvalue weighted by molar-refractivity contribution is 0.0185. The van der Waals surface area contributed by atoms with E-state index in [1.807, 2.05) is 38.6 Å². The van der Waals surface area contributed by atoms with Gasteiger partial charge in [0.25, 0.3) is 0 Å². The molecule has 0 unspecified atom stereocenters. The molecule has 1 aliphatic rings. The first kappa shape index (κ1) is 24.6. The highest BCUT2D eigenvalue weighted by molar-refractivity contribution is 7.19. The van der Waals surface area contributed by atoms with E-state index < -0.39 is 11.4 Å². The minimum absolute atomic E-state index is 0.102. The van der Waals surface area contributed by atoms with Crippen LogP contribution < -0.4 is 10.1 Å². The summed E-state index contributed by atoms with van der Waals surface area (Å²) in [5.41, 5.74) is 2.27. The average molecular weight is 540 g/mol. The Kier molecular flexibility index (Phi) is 6.61. The van der Waals surface area contributed by atoms with Gasteiger partial charge in [-0.3, -0.25) is 4.68 Å². The summed E-state index contributed by atoms with van der Waals surface area (Å²) in [5, 5.41) is 7.70. The van der Waals surface area contributed by atoms with Crippen LogP contribution in [0.25, 0.3) is 21.3 Å². The minimum Gasteiger partial charge on any atom is -0.496 e. The van der Waals surface area contributed by atoms with E-state index in [1.165, 1.54) is 30.6 Å². The fourth-order valence-electron chi connectivity index (χ4n) is 4.57. The SMILES string of the molecule is [2H]c1nc(Nc2cnn(C3CCN(C(=O)OC(C)(C)C)CC3)c2)nc2c(-c3ccc(F)cc3OC)c(C)sc12. The zero-order valence-corrected chi connectivity index (χ0v) is 22.9. The normalized spacial score (nSPS) is 15.0. The van der Waals surface area contributed by atoms with Crippen LogP contribution >= 0.6 is 11.3 Å². The molecule has 4 heterocycles. The largest absolute Gasteiger partial charge is 0.496 e. The second-order valence-corrected chi connectivity index (χ2v) is 11.5. The number of fused-ring (bicyclic) bond motifs is 1. The second kappa shape index (κ2) is 10.2. The van der Waals surface area contributed by atoms with Crippen LogP contribution in [0.2, 0.25) is 0 Å². The van der Waals surface area contributed by atoms with Gasteiger partial charge < -0.3 is 19.7 Å². The number of hydrogen-bond donors (Lipinski definition) is 1. The number of aromatic nitrogens is 4. The van der Waals surface area contributed by atoms with Crippen LogP contribution in [-0.2, 0) is 4.74 Å². The Morgan fingerprint density at radius 2 is 2.05 bits per heavy atom. The molecule has 1 saturated heterocycles. The van der Waals surface area contributed by atoms with Gasteiger partial charge in [-0.05, 0) is 52.7 Å². The maximum absolute atomic E-state index is 13.8. The van der Waals surface area contributed by atoms with E-state index in [1.54, 1.807) is 17.2 Å². The Morgan fingerprint density at radius 1 is 1.29 bits per heavy atom. The molecule has 0 radical (unpaired) electrons. The molecule has 0 atom stereocenters. The van der Waals surface area contributed by atoms with Gasteiger partial charge in [-0.2, -0.15) is 5.10 Å². The number of benzene rings is 1. The molecule has 1 amide bonds. The topological polar surface area (TPSA) is 94.4 Å². The molecule has 4 aromatic rings. The lowest BCUT2D eigenvalue weighted by Crippen LogP contribution is -2.42. The Hall–Kier alpha value is -3.73. The number of anilines is 2. The summed E-state index contributed by atoms with van der Waals surface area (Å²) in [7, 11) is 1.50. The van der Waals surface area contributed by atoms with Gasteiger partial charge in [-0.25, -0.2) is 19.2 Å². The molecule has 38 heavy (non-hydrogen) atoms. The first-order chi connectivity index (χ1) is 18.5. The maximum Gasteiger partial charge on any atom is 0.410 e. The van der Waals surface area contributed by atoms with Gasteiger partial charge in [-0.15, -0.1) is 11.3 Å². The van der Waals surface area contributed by atoms with Crippen LogP contribution in [0, 0.1) is 12.7 Å². The number of piperidine rings is 1. The van der Waals surface area contributed by atoms with Gasteiger partial charge >= 0.3 is 6.09 Å². The number of halogens is 1. The molecular formula is C27H31FN6O3S. The number of thiophene rings is 1. The first-order valence-electron chi connectivity index (χ1n) is 12.9. The van der Waals surface area contributed by atoms with E-state index in [0.29, 0.717) is 40.3 Å². The van der Waals surface area contributed by atoms with Crippen molar-refractivity contribution < 1.29 is 20.0 Å². The Bertz CT molecular complexity index is 1520. The van der Waals surface area contributed by atoms with Crippen LogP contribution in [-0.4, -0.2) is 56.5 Å². The van der Waals surface area contributed by atoms with E-state index in [4.69, 9.17) is 15.8 Å². The lowest BCUT2D eigenvalue weighted by atomic mass is 10.0. The fourth-order valence-corrected chi connectivity index (χ4v) is 5.52. The molecule has 1 aromatic carbocycles. The van der Waals surface area contributed by atoms with Crippen molar-refractivity contribution in [1.82, 2.24) is 24.6 Å². The molecule has 0 aliphatic carbocycles. The minimum atomic E-state index is -0.520. The Labute approximate surface area is 226 Å². The molecule has 0 saturated carbocycles. The number of aryl methyl sites for hydroxylation is 1. The predicted molar refractivity (Wildman–Crippen MR) is 146 cm³/mol. The number of hydrogen-bond acceptors (Lipinski definition) is 8. The average Bonchev–Trinajstić information content (AvgIpc) is 3.47. The van der Waals surface area contributed by atoms with Gasteiger partial charge in [0, 0.05) is 41.4 Å². The number of amides is 1. The molecule has 9 nitrogen and oxygen atoms in total. The number of ether oxygens (including phenoxy) is 2. The third-order valence-corrected chi connectivity index (χ3v) is 7.32. The second-order valence-electron chi connectivity index (χ2n) is 10.2. The monoisotopic (exact) mass is 539 g/mol. The van der Waals surface area contributed by atoms with Crippen LogP contribution in [0.15, 0.2) is 36.8 Å². The van der Waals surface area contributed by atoms with Crippen molar-refractivity contribution in [1.29, 1.82) is 0 Å². The summed E-state index contributed by atoms with van der Waals surface area (Å²) in [5.74, 6) is 0.279. The number of methoxy groups -OCH3 is 1. The summed E-state index contributed by atoms with van der Waals surface area (Å²) in [6, 6.07) is 4.54. The smallest absolute Gasteiger partial charge is 0.410 e. The zero-order valence-electron chi connectivity index (χ0n) is 23.0. The van der Waals surface area contributed by atoms with Crippen LogP contribution in [0.1, 0.15) is 45.9 Å². The number of carbonyl (C=O) groups excluding carboxylic acids is 1. The molecule has 11 heteroatoms. The quantitative estimate of drug-likeness (QED) is 0.317. The molecule has 1 aliphatic heterocycles. The van der Waals surface area contributed by atoms with E-state index in [-0.39, 0.29) is 24.3 Å². The highest BCUT2D eigenvalue weighted by atomic mass is 32.1. The number of likely N-dealkylation sites (tertiary alicyclic amines) is 1. The summed E-state index contributed by atoms with van der Waals surface area (Å²) >= 11 is 1.42. The lowest BCUT2D eigenvalue weighted by Gasteiger charge is -2.33. The van der Waals surface area contributed by atoms with Crippen LogP contribution in [0.5, 0.6) is 5.75 Å². The van der Waals surface area contributed by atoms with E-state index >= 15 is 0 Å². The standard InChI is InChI=1S/C27H31FN6O3S/c1-16-23(20-7-6-17(28)12-21(20)36-5)24-22(38-16)14-29-25(32-24)31-18-13-30-34(15-18)19-8-10-33(11-9-19)26(35)37-27(2,3)4/h6-7,12-15,19H,8-11H2,1-5H3,(H,29,31,32)/i14D. The van der Waals surface area contributed by atoms with Crippen molar-refractivity contribution in [2.24, 2.45) is 0 Å². The van der Waals surface area contributed by atoms with Crippen molar-refractivity contribution in [2.45, 2.75) is 52.2 Å². The van der Waals surface area contributed by atoms with E-state index in [0.717, 1.165) is 23.3 Å². The fraction of sp³-hybridized carbons (Fsp3) is 0.407. The molecule has 5 rings (SSSR count). The number of nitrogens with zero attached hydrogens (tertiary/aromatic N) is 5. The third-order valence-electron chi connectivity index (χ3n) is 6.32. The highest BCUT2D eigenvalue weighted by Gasteiger charge is 2.28. The van der Waals surface area contributed by atoms with Gasteiger partial charge in [0.1, 0.15) is 17.2 Å². The molecule has 0 spiro atoms. The van der Waals surface area contributed by atoms with Crippen molar-refractivity contribution in [3.8, 4) is 16.9 Å². The van der Waals surface area contributed by atoms with Gasteiger partial charge in [0.15, 0.2) is 0 Å². The van der Waals surface area contributed by atoms with Gasteiger partial charge in [-0.1, -0.05) is 0 Å². The Balaban J connectivity index is 1.34. The van der Waals surface area contributed by atoms with Crippen molar-refractivity contribution >= 4 is 39.3 Å². The first-order valence-corrected chi connectivity index (χ1v) is 13.2. The number of carbonyl (C=O) groups is 1. The highest BCUT2D eigenvalue weighted by Crippen LogP contribution is 2.41. The molecule has 200 valence electrons. The van der Waals surface area contributed by atoms with E-state index in [2.05, 4.69) is 15.4 Å². The van der Waals surface area contributed by atoms with Gasteiger partial charge in [0.2, 0.25) is 5.95 Å². The summed E-state index contributed by atoms with van der Waals surface area (Å²) < 4.78 is 35.8. The van der Waals surface area contributed by atoms with Crippen LogP contribution in [0.4, 0.5) is 20.8 Å². The molecule has 1 N–H and O–H groups in total. The zero-order chi connectivity index (χ0) is 27.9. The maximum atomic E-state index is 13.8. The molecule has 1 fully saturated rings. The number of nitrogens with one attached hydrogen (secondary N) is 1. The van der Waals surface area contributed by atoms with Crippen LogP contribution in [0.3, 0.4) is 0 Å². The predicted octanol–water partition coefficient (Wildman–Crippen LogP) is 6.33. The molecular weight excluding hydrogens is 507 g/mol. The molecule has 3 aromatic heterocycles. The van der Waals surface area contributed by atoms with Gasteiger partial charge in [0.05, 0.1) is 42.8 Å².